The molecule has 0 amide bonds. The molecule has 5 nitrogen and oxygen atoms in total. The van der Waals surface area contributed by atoms with Gasteiger partial charge in [0, 0.05) is 6.20 Å². The summed E-state index contributed by atoms with van der Waals surface area (Å²) < 4.78 is 7.50. The summed E-state index contributed by atoms with van der Waals surface area (Å²) in [6.07, 6.45) is 1.59. The summed E-state index contributed by atoms with van der Waals surface area (Å²) in [6, 6.07) is 1.77. The normalized spacial score (nSPS) is 11.4. The smallest absolute Gasteiger partial charge is 0.214 e. The van der Waals surface area contributed by atoms with Crippen molar-refractivity contribution in [3.05, 3.63) is 40.5 Å². The van der Waals surface area contributed by atoms with Crippen LogP contribution in [0.15, 0.2) is 16.7 Å². The molecule has 0 aliphatic heterocycles. The van der Waals surface area contributed by atoms with Gasteiger partial charge in [0.05, 0.1) is 16.6 Å². The third-order valence-corrected chi connectivity index (χ3v) is 3.56. The average Bonchev–Trinajstić information content (AvgIpc) is 2.91. The quantitative estimate of drug-likeness (QED) is 0.695. The zero-order chi connectivity index (χ0) is 14.3. The van der Waals surface area contributed by atoms with E-state index in [4.69, 9.17) is 27.6 Å². The van der Waals surface area contributed by atoms with Crippen molar-refractivity contribution < 1.29 is 4.42 Å². The van der Waals surface area contributed by atoms with Crippen molar-refractivity contribution in [3.63, 3.8) is 0 Å². The van der Waals surface area contributed by atoms with Crippen LogP contribution in [0.4, 0.5) is 0 Å². The maximum Gasteiger partial charge on any atom is 0.214 e. The predicted molar refractivity (Wildman–Crippen MR) is 77.2 cm³/mol. The molecular formula is C13H12Cl2N4O. The van der Waals surface area contributed by atoms with E-state index in [9.17, 15) is 0 Å². The van der Waals surface area contributed by atoms with Gasteiger partial charge in [0.2, 0.25) is 5.89 Å². The van der Waals surface area contributed by atoms with Gasteiger partial charge in [-0.15, -0.1) is 11.6 Å². The van der Waals surface area contributed by atoms with E-state index in [0.717, 1.165) is 17.1 Å². The Morgan fingerprint density at radius 3 is 2.75 bits per heavy atom. The Bertz CT molecular complexity index is 759. The molecule has 0 spiro atoms. The molecule has 0 saturated carbocycles. The SMILES string of the molecule is Cc1nc(Cn2c(CCl)nc3cc(Cl)cnc32)oc1C. The summed E-state index contributed by atoms with van der Waals surface area (Å²) >= 11 is 11.9. The van der Waals surface area contributed by atoms with E-state index in [0.29, 0.717) is 28.8 Å². The topological polar surface area (TPSA) is 56.7 Å². The molecule has 3 rings (SSSR count). The minimum Gasteiger partial charge on any atom is -0.444 e. The average molecular weight is 311 g/mol. The van der Waals surface area contributed by atoms with Gasteiger partial charge in [-0.05, 0) is 19.9 Å². The lowest BCUT2D eigenvalue weighted by molar-refractivity contribution is 0.456. The molecule has 0 atom stereocenters. The lowest BCUT2D eigenvalue weighted by atomic mass is 10.4. The first-order valence-corrected chi connectivity index (χ1v) is 6.99. The number of hydrogen-bond acceptors (Lipinski definition) is 4. The van der Waals surface area contributed by atoms with Crippen LogP contribution in [-0.2, 0) is 12.4 Å². The van der Waals surface area contributed by atoms with Crippen LogP contribution in [0, 0.1) is 13.8 Å². The summed E-state index contributed by atoms with van der Waals surface area (Å²) in [5.41, 5.74) is 2.32. The molecule has 3 aromatic heterocycles. The van der Waals surface area contributed by atoms with E-state index in [1.165, 1.54) is 0 Å². The fourth-order valence-electron chi connectivity index (χ4n) is 2.04. The molecule has 0 saturated heterocycles. The van der Waals surface area contributed by atoms with Gasteiger partial charge < -0.3 is 8.98 Å². The van der Waals surface area contributed by atoms with Crippen LogP contribution < -0.4 is 0 Å². The van der Waals surface area contributed by atoms with Crippen molar-refractivity contribution in [2.75, 3.05) is 0 Å². The van der Waals surface area contributed by atoms with Gasteiger partial charge in [-0.3, -0.25) is 0 Å². The standard InChI is InChI=1S/C13H12Cl2N4O/c1-7-8(2)20-12(17-7)6-19-11(4-14)18-10-3-9(15)5-16-13(10)19/h3,5H,4,6H2,1-2H3. The highest BCUT2D eigenvalue weighted by Gasteiger charge is 2.15. The number of imidazole rings is 1. The summed E-state index contributed by atoms with van der Waals surface area (Å²) in [4.78, 5) is 13.1. The number of pyridine rings is 1. The maximum absolute atomic E-state index is 5.95. The number of rotatable bonds is 3. The van der Waals surface area contributed by atoms with Crippen LogP contribution >= 0.6 is 23.2 Å². The fourth-order valence-corrected chi connectivity index (χ4v) is 2.40. The van der Waals surface area contributed by atoms with Crippen LogP contribution in [0.2, 0.25) is 5.02 Å². The molecule has 0 N–H and O–H groups in total. The number of oxazole rings is 1. The zero-order valence-corrected chi connectivity index (χ0v) is 12.5. The fraction of sp³-hybridized carbons (Fsp3) is 0.308. The predicted octanol–water partition coefficient (Wildman–Crippen LogP) is 3.48. The third kappa shape index (κ3) is 2.27. The molecule has 0 aliphatic rings. The van der Waals surface area contributed by atoms with E-state index < -0.39 is 0 Å². The van der Waals surface area contributed by atoms with Gasteiger partial charge in [-0.25, -0.2) is 15.0 Å². The second-order valence-electron chi connectivity index (χ2n) is 4.49. The molecule has 0 bridgehead atoms. The van der Waals surface area contributed by atoms with Crippen molar-refractivity contribution in [2.24, 2.45) is 0 Å². The van der Waals surface area contributed by atoms with Gasteiger partial charge in [0.1, 0.15) is 23.6 Å². The van der Waals surface area contributed by atoms with Crippen LogP contribution in [0.1, 0.15) is 23.2 Å². The Labute approximate surface area is 125 Å². The van der Waals surface area contributed by atoms with Crippen molar-refractivity contribution >= 4 is 34.4 Å². The molecule has 0 aromatic carbocycles. The van der Waals surface area contributed by atoms with Crippen molar-refractivity contribution in [3.8, 4) is 0 Å². The highest BCUT2D eigenvalue weighted by atomic mass is 35.5. The van der Waals surface area contributed by atoms with Crippen molar-refractivity contribution in [2.45, 2.75) is 26.3 Å². The van der Waals surface area contributed by atoms with E-state index in [1.807, 2.05) is 18.4 Å². The third-order valence-electron chi connectivity index (χ3n) is 3.12. The number of hydrogen-bond donors (Lipinski definition) is 0. The lowest BCUT2D eigenvalue weighted by Gasteiger charge is -2.03. The van der Waals surface area contributed by atoms with E-state index in [-0.39, 0.29) is 5.88 Å². The molecule has 3 aromatic rings. The van der Waals surface area contributed by atoms with Crippen molar-refractivity contribution in [1.82, 2.24) is 19.5 Å². The molecule has 20 heavy (non-hydrogen) atoms. The Balaban J connectivity index is 2.09. The van der Waals surface area contributed by atoms with Gasteiger partial charge in [-0.2, -0.15) is 0 Å². The monoisotopic (exact) mass is 310 g/mol. The number of halogens is 2. The molecule has 0 radical (unpaired) electrons. The Morgan fingerprint density at radius 1 is 1.30 bits per heavy atom. The first-order valence-electron chi connectivity index (χ1n) is 6.08. The Hall–Kier alpha value is -1.59. The highest BCUT2D eigenvalue weighted by Crippen LogP contribution is 2.21. The number of fused-ring (bicyclic) bond motifs is 1. The summed E-state index contributed by atoms with van der Waals surface area (Å²) in [5.74, 6) is 2.42. The lowest BCUT2D eigenvalue weighted by Crippen LogP contribution is -2.05. The molecule has 3 heterocycles. The molecule has 104 valence electrons. The minimum atomic E-state index is 0.284. The highest BCUT2D eigenvalue weighted by molar-refractivity contribution is 6.31. The first kappa shape index (κ1) is 13.4. The van der Waals surface area contributed by atoms with E-state index in [2.05, 4.69) is 15.0 Å². The summed E-state index contributed by atoms with van der Waals surface area (Å²) in [5, 5.41) is 0.547. The van der Waals surface area contributed by atoms with Crippen LogP contribution in [0.3, 0.4) is 0 Å². The Kier molecular flexibility index (Phi) is 3.40. The van der Waals surface area contributed by atoms with E-state index >= 15 is 0 Å². The number of aromatic nitrogens is 4. The van der Waals surface area contributed by atoms with Crippen LogP contribution in [0.5, 0.6) is 0 Å². The molecule has 7 heteroatoms. The van der Waals surface area contributed by atoms with Gasteiger partial charge >= 0.3 is 0 Å². The first-order chi connectivity index (χ1) is 9.58. The second-order valence-corrected chi connectivity index (χ2v) is 5.20. The van der Waals surface area contributed by atoms with Gasteiger partial charge in [0.15, 0.2) is 5.65 Å². The van der Waals surface area contributed by atoms with Crippen LogP contribution in [-0.4, -0.2) is 19.5 Å². The van der Waals surface area contributed by atoms with Gasteiger partial charge in [-0.1, -0.05) is 11.6 Å². The number of alkyl halides is 1. The second kappa shape index (κ2) is 5.07. The Morgan fingerprint density at radius 2 is 2.10 bits per heavy atom. The molecular weight excluding hydrogens is 299 g/mol. The van der Waals surface area contributed by atoms with Crippen LogP contribution in [0.25, 0.3) is 11.2 Å². The van der Waals surface area contributed by atoms with Crippen molar-refractivity contribution in [1.29, 1.82) is 0 Å². The molecule has 0 fully saturated rings. The number of aryl methyl sites for hydroxylation is 2. The van der Waals surface area contributed by atoms with Gasteiger partial charge in [0.25, 0.3) is 0 Å². The number of nitrogens with zero attached hydrogens (tertiary/aromatic N) is 4. The summed E-state index contributed by atoms with van der Waals surface area (Å²) in [6.45, 7) is 4.25. The zero-order valence-electron chi connectivity index (χ0n) is 11.0. The largest absolute Gasteiger partial charge is 0.444 e. The summed E-state index contributed by atoms with van der Waals surface area (Å²) in [7, 11) is 0. The molecule has 0 unspecified atom stereocenters. The van der Waals surface area contributed by atoms with E-state index in [1.54, 1.807) is 12.3 Å². The molecule has 0 aliphatic carbocycles. The minimum absolute atomic E-state index is 0.284. The maximum atomic E-state index is 5.95.